The topological polar surface area (TPSA) is 80.7 Å². The molecule has 0 amide bonds. The highest BCUT2D eigenvalue weighted by Crippen LogP contribution is 2.23. The van der Waals surface area contributed by atoms with Gasteiger partial charge in [0.1, 0.15) is 11.4 Å². The molecule has 6 heteroatoms. The summed E-state index contributed by atoms with van der Waals surface area (Å²) in [5.74, 6) is -1.26. The largest absolute Gasteiger partial charge is 0.455 e. The van der Waals surface area contributed by atoms with Crippen LogP contribution in [-0.2, 0) is 19.6 Å². The lowest BCUT2D eigenvalue weighted by atomic mass is 9.98. The van der Waals surface area contributed by atoms with Crippen LogP contribution in [0.1, 0.15) is 97.3 Å². The molecular weight excluding hydrogens is 352 g/mol. The lowest BCUT2D eigenvalue weighted by Crippen LogP contribution is -2.38. The zero-order valence-electron chi connectivity index (χ0n) is 16.7. The fraction of sp³-hybridized carbons (Fsp3) is 0.850. The number of hydrogen-bond donors (Lipinski definition) is 1. The third kappa shape index (κ3) is 15.4. The van der Waals surface area contributed by atoms with Crippen LogP contribution in [0.4, 0.5) is 0 Å². The van der Waals surface area contributed by atoms with Crippen molar-refractivity contribution in [1.29, 1.82) is 0 Å². The van der Waals surface area contributed by atoms with E-state index in [0.29, 0.717) is 6.42 Å². The van der Waals surface area contributed by atoms with Gasteiger partial charge in [-0.1, -0.05) is 84.1 Å². The molecule has 0 spiro atoms. The minimum atomic E-state index is -4.21. The Morgan fingerprint density at radius 3 is 1.77 bits per heavy atom. The van der Waals surface area contributed by atoms with Gasteiger partial charge in [-0.25, -0.2) is 4.79 Å². The summed E-state index contributed by atoms with van der Waals surface area (Å²) in [6, 6.07) is 0. The number of rotatable bonds is 17. The van der Waals surface area contributed by atoms with E-state index in [4.69, 9.17) is 9.29 Å². The van der Waals surface area contributed by atoms with E-state index in [1.54, 1.807) is 6.92 Å². The normalized spacial score (nSPS) is 14.0. The van der Waals surface area contributed by atoms with Gasteiger partial charge < -0.3 is 4.74 Å². The zero-order valence-corrected chi connectivity index (χ0v) is 17.5. The molecular formula is C20H38O5S. The molecule has 1 unspecified atom stereocenters. The van der Waals surface area contributed by atoms with E-state index in [2.05, 4.69) is 13.5 Å². The summed E-state index contributed by atoms with van der Waals surface area (Å²) in [6.07, 6.45) is 15.9. The van der Waals surface area contributed by atoms with Gasteiger partial charge in [-0.3, -0.25) is 4.55 Å². The van der Waals surface area contributed by atoms with Crippen LogP contribution in [0.5, 0.6) is 0 Å². The first-order chi connectivity index (χ1) is 12.2. The number of ether oxygens (including phenoxy) is 1. The number of carbonyl (C=O) groups excluding carboxylic acids is 1. The van der Waals surface area contributed by atoms with Crippen LogP contribution < -0.4 is 0 Å². The van der Waals surface area contributed by atoms with Crippen molar-refractivity contribution < 1.29 is 22.5 Å². The highest BCUT2D eigenvalue weighted by Gasteiger charge is 2.33. The van der Waals surface area contributed by atoms with Crippen molar-refractivity contribution in [2.75, 3.05) is 5.75 Å². The number of esters is 1. The van der Waals surface area contributed by atoms with Gasteiger partial charge in [0.05, 0.1) is 0 Å². The Bertz CT molecular complexity index is 486. The Morgan fingerprint density at radius 2 is 1.38 bits per heavy atom. The summed E-state index contributed by atoms with van der Waals surface area (Å²) < 4.78 is 36.6. The highest BCUT2D eigenvalue weighted by atomic mass is 32.2. The Morgan fingerprint density at radius 1 is 0.962 bits per heavy atom. The van der Waals surface area contributed by atoms with Crippen LogP contribution in [-0.4, -0.2) is 30.3 Å². The van der Waals surface area contributed by atoms with Crippen LogP contribution in [0, 0.1) is 0 Å². The van der Waals surface area contributed by atoms with Gasteiger partial charge in [-0.15, -0.1) is 0 Å². The third-order valence-corrected chi connectivity index (χ3v) is 5.54. The first-order valence-corrected chi connectivity index (χ1v) is 11.6. The van der Waals surface area contributed by atoms with Crippen molar-refractivity contribution in [3.8, 4) is 0 Å². The molecule has 0 bridgehead atoms. The Labute approximate surface area is 160 Å². The number of unbranched alkanes of at least 4 members (excludes halogenated alkanes) is 11. The quantitative estimate of drug-likeness (QED) is 0.154. The molecule has 26 heavy (non-hydrogen) atoms. The lowest BCUT2D eigenvalue weighted by Gasteiger charge is -2.27. The first-order valence-electron chi connectivity index (χ1n) is 10.0. The molecule has 0 aromatic heterocycles. The molecule has 0 aromatic rings. The maximum Gasteiger partial charge on any atom is 0.330 e. The molecule has 0 aliphatic rings. The predicted octanol–water partition coefficient (Wildman–Crippen LogP) is 5.45. The molecule has 0 aliphatic heterocycles. The minimum absolute atomic E-state index is 0.407. The average molecular weight is 391 g/mol. The third-order valence-electron chi connectivity index (χ3n) is 4.56. The molecule has 5 nitrogen and oxygen atoms in total. The Kier molecular flexibility index (Phi) is 13.7. The second-order valence-corrected chi connectivity index (χ2v) is 8.89. The second kappa shape index (κ2) is 14.2. The standard InChI is InChI=1S/C20H38O5S/c1-4-6-7-8-9-10-11-12-13-14-15-16-17-20(3,18-26(22,23)24)25-19(21)5-2/h5H,2,4,6-18H2,1,3H3,(H,22,23,24). The molecule has 1 N–H and O–H groups in total. The van der Waals surface area contributed by atoms with Crippen molar-refractivity contribution in [2.24, 2.45) is 0 Å². The number of hydrogen-bond acceptors (Lipinski definition) is 4. The van der Waals surface area contributed by atoms with Gasteiger partial charge in [-0.05, 0) is 19.8 Å². The summed E-state index contributed by atoms with van der Waals surface area (Å²) in [5.41, 5.74) is -1.21. The smallest absolute Gasteiger partial charge is 0.330 e. The van der Waals surface area contributed by atoms with Gasteiger partial charge in [0.25, 0.3) is 10.1 Å². The summed E-state index contributed by atoms with van der Waals surface area (Å²) in [4.78, 5) is 11.4. The maximum atomic E-state index is 11.4. The average Bonchev–Trinajstić information content (AvgIpc) is 2.54. The first kappa shape index (κ1) is 25.1. The molecule has 0 aromatic carbocycles. The highest BCUT2D eigenvalue weighted by molar-refractivity contribution is 7.85. The molecule has 154 valence electrons. The lowest BCUT2D eigenvalue weighted by molar-refractivity contribution is -0.150. The summed E-state index contributed by atoms with van der Waals surface area (Å²) in [7, 11) is -4.21. The Hall–Kier alpha value is -0.880. The van der Waals surface area contributed by atoms with Gasteiger partial charge in [-0.2, -0.15) is 8.42 Å². The van der Waals surface area contributed by atoms with Crippen molar-refractivity contribution in [1.82, 2.24) is 0 Å². The molecule has 0 rings (SSSR count). The van der Waals surface area contributed by atoms with E-state index in [1.165, 1.54) is 57.8 Å². The van der Waals surface area contributed by atoms with Gasteiger partial charge in [0.2, 0.25) is 0 Å². The van der Waals surface area contributed by atoms with Crippen LogP contribution in [0.15, 0.2) is 12.7 Å². The van der Waals surface area contributed by atoms with Crippen molar-refractivity contribution in [3.63, 3.8) is 0 Å². The predicted molar refractivity (Wildman–Crippen MR) is 107 cm³/mol. The molecule has 0 fully saturated rings. The fourth-order valence-corrected chi connectivity index (χ4v) is 4.14. The van der Waals surface area contributed by atoms with E-state index >= 15 is 0 Å². The van der Waals surface area contributed by atoms with Gasteiger partial charge in [0, 0.05) is 6.08 Å². The van der Waals surface area contributed by atoms with Crippen LogP contribution >= 0.6 is 0 Å². The van der Waals surface area contributed by atoms with Crippen LogP contribution in [0.3, 0.4) is 0 Å². The molecule has 0 saturated carbocycles. The zero-order chi connectivity index (χ0) is 19.9. The van der Waals surface area contributed by atoms with Crippen molar-refractivity contribution >= 4 is 16.1 Å². The van der Waals surface area contributed by atoms with Crippen molar-refractivity contribution in [3.05, 3.63) is 12.7 Å². The summed E-state index contributed by atoms with van der Waals surface area (Å²) >= 11 is 0. The van der Waals surface area contributed by atoms with Crippen LogP contribution in [0.2, 0.25) is 0 Å². The summed E-state index contributed by atoms with van der Waals surface area (Å²) in [5, 5.41) is 0. The summed E-state index contributed by atoms with van der Waals surface area (Å²) in [6.45, 7) is 7.09. The van der Waals surface area contributed by atoms with Gasteiger partial charge in [0.15, 0.2) is 0 Å². The monoisotopic (exact) mass is 390 g/mol. The molecule has 0 radical (unpaired) electrons. The minimum Gasteiger partial charge on any atom is -0.455 e. The van der Waals surface area contributed by atoms with E-state index in [0.717, 1.165) is 25.3 Å². The molecule has 1 atom stereocenters. The molecule has 0 aliphatic carbocycles. The fourth-order valence-electron chi connectivity index (χ4n) is 3.16. The molecule has 0 saturated heterocycles. The SMILES string of the molecule is C=CC(=O)OC(C)(CCCCCCCCCCCCCC)CS(=O)(=O)O. The molecule has 0 heterocycles. The van der Waals surface area contributed by atoms with Gasteiger partial charge >= 0.3 is 5.97 Å². The number of carbonyl (C=O) groups is 1. The van der Waals surface area contributed by atoms with E-state index < -0.39 is 27.4 Å². The second-order valence-electron chi connectivity index (χ2n) is 7.44. The maximum absolute atomic E-state index is 11.4. The van der Waals surface area contributed by atoms with E-state index in [-0.39, 0.29) is 0 Å². The van der Waals surface area contributed by atoms with Crippen LogP contribution in [0.25, 0.3) is 0 Å². The van der Waals surface area contributed by atoms with E-state index in [1.807, 2.05) is 0 Å². The Balaban J connectivity index is 3.88. The van der Waals surface area contributed by atoms with E-state index in [9.17, 15) is 13.2 Å². The van der Waals surface area contributed by atoms with Crippen molar-refractivity contribution in [2.45, 2.75) is 103 Å².